The Morgan fingerprint density at radius 1 is 0.574 bits per heavy atom. The van der Waals surface area contributed by atoms with Gasteiger partial charge in [0, 0.05) is 49.0 Å². The standard InChI is InChI=1S/C35H33N3O6S2.Na/c1-36(2)28-17-11-25(12-18-28)35(26-13-19-29(20-14-26)37(3)31-7-5-9-33(23-31)45(39,40)41)27-15-21-30(22-16-27)38(4)32-8-6-10-34(24-32)46(42,43)44;/h5-24H,1-4H3,(H-,39,40,41,42,43,44);/q;+1/p+1. The van der Waals surface area contributed by atoms with Gasteiger partial charge in [0.2, 0.25) is 0 Å². The minimum absolute atomic E-state index is 0. The molecule has 0 aliphatic heterocycles. The van der Waals surface area contributed by atoms with E-state index >= 15 is 0 Å². The molecule has 1 aliphatic rings. The molecule has 4 aromatic carbocycles. The third-order valence-corrected chi connectivity index (χ3v) is 9.46. The van der Waals surface area contributed by atoms with E-state index < -0.39 is 20.2 Å². The molecular weight excluding hydrogens is 646 g/mol. The molecule has 9 nitrogen and oxygen atoms in total. The van der Waals surface area contributed by atoms with E-state index in [4.69, 9.17) is 0 Å². The van der Waals surface area contributed by atoms with E-state index in [9.17, 15) is 25.9 Å². The van der Waals surface area contributed by atoms with Gasteiger partial charge in [-0.05, 0) is 95.1 Å². The van der Waals surface area contributed by atoms with Crippen molar-refractivity contribution < 1.29 is 60.1 Å². The Kier molecular flexibility index (Phi) is 11.1. The number of nitrogens with zero attached hydrogens (tertiary/aromatic N) is 3. The monoisotopic (exact) mass is 679 g/mol. The average molecular weight is 680 g/mol. The predicted molar refractivity (Wildman–Crippen MR) is 183 cm³/mol. The van der Waals surface area contributed by atoms with Crippen LogP contribution in [0.15, 0.2) is 137 Å². The molecule has 2 N–H and O–H groups in total. The third-order valence-electron chi connectivity index (χ3n) is 7.76. The second-order valence-electron chi connectivity index (χ2n) is 11.0. The summed E-state index contributed by atoms with van der Waals surface area (Å²) in [5.74, 6) is 0. The van der Waals surface area contributed by atoms with Crippen LogP contribution in [0.5, 0.6) is 0 Å². The fraction of sp³-hybridized carbons (Fsp3) is 0.114. The summed E-state index contributed by atoms with van der Waals surface area (Å²) in [6.07, 6.45) is 8.27. The number of hydrogen-bond donors (Lipinski definition) is 2. The third kappa shape index (κ3) is 8.38. The molecule has 0 saturated heterocycles. The van der Waals surface area contributed by atoms with Gasteiger partial charge in [-0.15, -0.1) is 0 Å². The first-order chi connectivity index (χ1) is 21.7. The number of allylic oxidation sites excluding steroid dienone is 5. The average Bonchev–Trinajstić information content (AvgIpc) is 3.04. The zero-order chi connectivity index (χ0) is 33.2. The van der Waals surface area contributed by atoms with Crippen LogP contribution in [0.25, 0.3) is 5.57 Å². The van der Waals surface area contributed by atoms with Crippen molar-refractivity contribution in [1.82, 2.24) is 0 Å². The molecule has 47 heavy (non-hydrogen) atoms. The van der Waals surface area contributed by atoms with Gasteiger partial charge in [-0.2, -0.15) is 16.8 Å². The quantitative estimate of drug-likeness (QED) is 0.166. The van der Waals surface area contributed by atoms with Crippen LogP contribution >= 0.6 is 0 Å². The summed E-state index contributed by atoms with van der Waals surface area (Å²) in [5, 5.41) is 0. The molecule has 236 valence electrons. The molecule has 12 heteroatoms. The number of benzene rings is 4. The molecule has 0 bridgehead atoms. The Hall–Kier alpha value is -3.81. The van der Waals surface area contributed by atoms with Gasteiger partial charge in [0.15, 0.2) is 5.71 Å². The largest absolute Gasteiger partial charge is 1.00 e. The zero-order valence-corrected chi connectivity index (χ0v) is 30.4. The van der Waals surface area contributed by atoms with Crippen molar-refractivity contribution in [1.29, 1.82) is 0 Å². The minimum atomic E-state index is -4.33. The van der Waals surface area contributed by atoms with Gasteiger partial charge in [-0.25, -0.2) is 4.58 Å². The molecule has 0 amide bonds. The Bertz CT molecular complexity index is 1990. The number of hydrogen-bond acceptors (Lipinski definition) is 6. The Labute approximate surface area is 298 Å². The molecule has 0 radical (unpaired) electrons. The SMILES string of the molecule is CN(c1ccc(C(=C2C=CC(=[N+](C)C)C=C2)c2ccc(N(C)c3cccc(S(=O)(=O)O)c3)cc2)cc1)c1cccc(S(=O)(=O)O)c1.[Na+]. The first kappa shape index (κ1) is 36.0. The van der Waals surface area contributed by atoms with Crippen molar-refractivity contribution in [3.05, 3.63) is 138 Å². The molecule has 4 aromatic rings. The number of anilines is 4. The first-order valence-electron chi connectivity index (χ1n) is 14.2. The van der Waals surface area contributed by atoms with Gasteiger partial charge >= 0.3 is 29.6 Å². The maximum Gasteiger partial charge on any atom is 1.00 e. The Balaban J connectivity index is 0.00000500. The van der Waals surface area contributed by atoms with E-state index in [-0.39, 0.29) is 39.3 Å². The molecule has 1 aliphatic carbocycles. The number of rotatable bonds is 8. The molecule has 0 atom stereocenters. The van der Waals surface area contributed by atoms with Gasteiger partial charge in [0.05, 0.1) is 9.79 Å². The summed E-state index contributed by atoms with van der Waals surface area (Å²) in [6, 6.07) is 28.1. The topological polar surface area (TPSA) is 118 Å². The summed E-state index contributed by atoms with van der Waals surface area (Å²) in [4.78, 5) is 3.33. The van der Waals surface area contributed by atoms with Crippen molar-refractivity contribution in [2.45, 2.75) is 9.79 Å². The summed E-state index contributed by atoms with van der Waals surface area (Å²) >= 11 is 0. The van der Waals surface area contributed by atoms with Crippen LogP contribution in [0.4, 0.5) is 22.7 Å². The van der Waals surface area contributed by atoms with Gasteiger partial charge in [0.25, 0.3) is 20.2 Å². The molecule has 0 aromatic heterocycles. The molecule has 0 spiro atoms. The summed E-state index contributed by atoms with van der Waals surface area (Å²) in [6.45, 7) is 0. The first-order valence-corrected chi connectivity index (χ1v) is 17.1. The van der Waals surface area contributed by atoms with Crippen molar-refractivity contribution in [3.8, 4) is 0 Å². The van der Waals surface area contributed by atoms with Crippen LogP contribution in [0.1, 0.15) is 11.1 Å². The molecule has 5 rings (SSSR count). The zero-order valence-electron chi connectivity index (χ0n) is 26.7. The van der Waals surface area contributed by atoms with Gasteiger partial charge in [-0.1, -0.05) is 36.4 Å². The van der Waals surface area contributed by atoms with Crippen LogP contribution in [-0.2, 0) is 20.2 Å². The van der Waals surface area contributed by atoms with Crippen LogP contribution in [0.2, 0.25) is 0 Å². The second kappa shape index (κ2) is 14.5. The predicted octanol–water partition coefficient (Wildman–Crippen LogP) is 3.36. The molecular formula is C35H34N3NaO6S2+2. The molecule has 0 unspecified atom stereocenters. The normalized spacial score (nSPS) is 12.8. The van der Waals surface area contributed by atoms with E-state index in [0.717, 1.165) is 39.4 Å². The summed E-state index contributed by atoms with van der Waals surface area (Å²) in [5.41, 5.74) is 7.85. The van der Waals surface area contributed by atoms with E-state index in [1.165, 1.54) is 24.3 Å². The summed E-state index contributed by atoms with van der Waals surface area (Å²) < 4.78 is 67.7. The maximum absolute atomic E-state index is 11.7. The van der Waals surface area contributed by atoms with Crippen LogP contribution in [-0.4, -0.2) is 64.4 Å². The van der Waals surface area contributed by atoms with Gasteiger partial charge in [-0.3, -0.25) is 9.11 Å². The van der Waals surface area contributed by atoms with Gasteiger partial charge < -0.3 is 9.80 Å². The van der Waals surface area contributed by atoms with Crippen molar-refractivity contribution >= 4 is 54.3 Å². The van der Waals surface area contributed by atoms with Crippen LogP contribution in [0.3, 0.4) is 0 Å². The fourth-order valence-electron chi connectivity index (χ4n) is 5.13. The van der Waals surface area contributed by atoms with E-state index in [1.54, 1.807) is 24.3 Å². The molecule has 0 fully saturated rings. The van der Waals surface area contributed by atoms with E-state index in [1.807, 2.05) is 91.1 Å². The summed E-state index contributed by atoms with van der Waals surface area (Å²) in [7, 11) is -1.04. The smallest absolute Gasteiger partial charge is 0.345 e. The molecule has 0 heterocycles. The van der Waals surface area contributed by atoms with Gasteiger partial charge in [0.1, 0.15) is 14.1 Å². The van der Waals surface area contributed by atoms with Crippen molar-refractivity contribution in [2.24, 2.45) is 0 Å². The maximum atomic E-state index is 11.7. The van der Waals surface area contributed by atoms with E-state index in [0.29, 0.717) is 11.4 Å². The van der Waals surface area contributed by atoms with E-state index in [2.05, 4.69) is 24.3 Å². The molecule has 0 saturated carbocycles. The van der Waals surface area contributed by atoms with Crippen LogP contribution in [0, 0.1) is 0 Å². The van der Waals surface area contributed by atoms with Crippen LogP contribution < -0.4 is 39.4 Å². The minimum Gasteiger partial charge on any atom is -0.345 e. The van der Waals surface area contributed by atoms with Crippen molar-refractivity contribution in [2.75, 3.05) is 38.0 Å². The second-order valence-corrected chi connectivity index (χ2v) is 13.8. The Morgan fingerprint density at radius 2 is 0.957 bits per heavy atom. The Morgan fingerprint density at radius 3 is 1.30 bits per heavy atom. The van der Waals surface area contributed by atoms with Crippen molar-refractivity contribution in [3.63, 3.8) is 0 Å². The fourth-order valence-corrected chi connectivity index (χ4v) is 6.17.